The van der Waals surface area contributed by atoms with E-state index in [-0.39, 0.29) is 17.7 Å². The summed E-state index contributed by atoms with van der Waals surface area (Å²) in [6.07, 6.45) is -0.777. The summed E-state index contributed by atoms with van der Waals surface area (Å²) in [6, 6.07) is 4.32. The minimum absolute atomic E-state index is 0.0307. The second-order valence-electron chi connectivity index (χ2n) is 2.99. The molecule has 1 rings (SSSR count). The van der Waals surface area contributed by atoms with Crippen molar-refractivity contribution in [2.45, 2.75) is 12.6 Å². The molecule has 0 spiro atoms. The van der Waals surface area contributed by atoms with Crippen molar-refractivity contribution in [3.05, 3.63) is 29.3 Å². The molecule has 0 aromatic heterocycles. The molecule has 1 aromatic carbocycles. The first-order valence-electron chi connectivity index (χ1n) is 4.06. The van der Waals surface area contributed by atoms with Crippen molar-refractivity contribution in [3.8, 4) is 5.75 Å². The van der Waals surface area contributed by atoms with Crippen LogP contribution >= 0.6 is 0 Å². The molecule has 0 bridgehead atoms. The highest BCUT2D eigenvalue weighted by Gasteiger charge is 2.09. The van der Waals surface area contributed by atoms with E-state index in [4.69, 9.17) is 16.6 Å². The Morgan fingerprint density at radius 1 is 1.50 bits per heavy atom. The van der Waals surface area contributed by atoms with E-state index in [1.807, 2.05) is 0 Å². The van der Waals surface area contributed by atoms with Gasteiger partial charge in [-0.25, -0.2) is 0 Å². The Balaban J connectivity index is 3.00. The number of carbonyl (C=O) groups excluding carboxylic acids is 1. The van der Waals surface area contributed by atoms with Gasteiger partial charge in [-0.2, -0.15) is 0 Å². The number of aliphatic hydroxyl groups is 1. The van der Waals surface area contributed by atoms with Gasteiger partial charge in [0, 0.05) is 6.42 Å². The molecule has 1 atom stereocenters. The van der Waals surface area contributed by atoms with Crippen LogP contribution in [0.1, 0.15) is 15.9 Å². The molecular weight excluding hydrogens is 184 g/mol. The Bertz CT molecular complexity index is 350. The molecule has 1 unspecified atom stereocenters. The molecule has 0 saturated carbocycles. The zero-order valence-corrected chi connectivity index (χ0v) is 7.47. The van der Waals surface area contributed by atoms with E-state index in [9.17, 15) is 9.90 Å². The van der Waals surface area contributed by atoms with Crippen molar-refractivity contribution in [2.24, 2.45) is 11.5 Å². The zero-order chi connectivity index (χ0) is 10.7. The molecule has 0 radical (unpaired) electrons. The van der Waals surface area contributed by atoms with Crippen LogP contribution in [0.15, 0.2) is 18.2 Å². The number of benzene rings is 1. The summed E-state index contributed by atoms with van der Waals surface area (Å²) in [5.41, 5.74) is 10.9. The van der Waals surface area contributed by atoms with Gasteiger partial charge in [0.15, 0.2) is 0 Å². The Morgan fingerprint density at radius 2 is 2.14 bits per heavy atom. The fourth-order valence-corrected chi connectivity index (χ4v) is 1.15. The standard InChI is InChI=1S/C9H12N2O3/c10-8(13)4-5-1-2-7(12)6(3-5)9(11)14/h1-3,8,12-13H,4,10H2,(H2,11,14). The summed E-state index contributed by atoms with van der Waals surface area (Å²) in [6.45, 7) is 0. The molecule has 0 aliphatic rings. The first kappa shape index (κ1) is 10.5. The van der Waals surface area contributed by atoms with E-state index in [1.54, 1.807) is 6.07 Å². The topological polar surface area (TPSA) is 110 Å². The van der Waals surface area contributed by atoms with Crippen LogP contribution in [0.4, 0.5) is 0 Å². The van der Waals surface area contributed by atoms with E-state index in [2.05, 4.69) is 0 Å². The number of phenols is 1. The second kappa shape index (κ2) is 4.08. The molecule has 0 saturated heterocycles. The largest absolute Gasteiger partial charge is 0.507 e. The summed E-state index contributed by atoms with van der Waals surface area (Å²) >= 11 is 0. The van der Waals surface area contributed by atoms with Crippen LogP contribution < -0.4 is 11.5 Å². The van der Waals surface area contributed by atoms with Gasteiger partial charge in [-0.15, -0.1) is 0 Å². The maximum absolute atomic E-state index is 10.8. The fourth-order valence-electron chi connectivity index (χ4n) is 1.15. The second-order valence-corrected chi connectivity index (χ2v) is 2.99. The number of hydrogen-bond donors (Lipinski definition) is 4. The number of hydrogen-bond acceptors (Lipinski definition) is 4. The van der Waals surface area contributed by atoms with Crippen LogP contribution in [0.3, 0.4) is 0 Å². The van der Waals surface area contributed by atoms with Gasteiger partial charge >= 0.3 is 0 Å². The van der Waals surface area contributed by atoms with Crippen molar-refractivity contribution in [3.63, 3.8) is 0 Å². The van der Waals surface area contributed by atoms with E-state index in [0.29, 0.717) is 5.56 Å². The lowest BCUT2D eigenvalue weighted by Gasteiger charge is -2.06. The lowest BCUT2D eigenvalue weighted by atomic mass is 10.1. The highest BCUT2D eigenvalue weighted by molar-refractivity contribution is 5.95. The number of amides is 1. The van der Waals surface area contributed by atoms with Gasteiger partial charge in [0.2, 0.25) is 0 Å². The van der Waals surface area contributed by atoms with Gasteiger partial charge in [0.05, 0.1) is 5.56 Å². The number of carbonyl (C=O) groups is 1. The number of primary amides is 1. The average molecular weight is 196 g/mol. The molecule has 5 heteroatoms. The Kier molecular flexibility index (Phi) is 3.06. The van der Waals surface area contributed by atoms with Gasteiger partial charge < -0.3 is 21.7 Å². The van der Waals surface area contributed by atoms with Gasteiger partial charge in [-0.3, -0.25) is 4.79 Å². The van der Waals surface area contributed by atoms with Crippen molar-refractivity contribution < 1.29 is 15.0 Å². The van der Waals surface area contributed by atoms with Gasteiger partial charge in [-0.05, 0) is 17.7 Å². The molecule has 1 aromatic rings. The first-order valence-corrected chi connectivity index (χ1v) is 4.06. The summed E-state index contributed by atoms with van der Waals surface area (Å²) in [5, 5.41) is 18.1. The molecule has 0 aliphatic heterocycles. The van der Waals surface area contributed by atoms with Crippen LogP contribution in [0.5, 0.6) is 5.75 Å². The third-order valence-electron chi connectivity index (χ3n) is 1.77. The number of aliphatic hydroxyl groups excluding tert-OH is 1. The number of aromatic hydroxyl groups is 1. The number of nitrogens with two attached hydrogens (primary N) is 2. The van der Waals surface area contributed by atoms with E-state index in [1.165, 1.54) is 12.1 Å². The van der Waals surface area contributed by atoms with Gasteiger partial charge in [0.1, 0.15) is 12.0 Å². The minimum atomic E-state index is -0.986. The smallest absolute Gasteiger partial charge is 0.252 e. The van der Waals surface area contributed by atoms with Crippen LogP contribution in [0.2, 0.25) is 0 Å². The van der Waals surface area contributed by atoms with E-state index < -0.39 is 12.1 Å². The highest BCUT2D eigenvalue weighted by atomic mass is 16.3. The van der Waals surface area contributed by atoms with Crippen molar-refractivity contribution >= 4 is 5.91 Å². The Hall–Kier alpha value is -1.59. The van der Waals surface area contributed by atoms with Crippen molar-refractivity contribution in [1.29, 1.82) is 0 Å². The fraction of sp³-hybridized carbons (Fsp3) is 0.222. The van der Waals surface area contributed by atoms with Crippen LogP contribution in [0.25, 0.3) is 0 Å². The third kappa shape index (κ3) is 2.45. The quantitative estimate of drug-likeness (QED) is 0.479. The Morgan fingerprint density at radius 3 is 2.64 bits per heavy atom. The summed E-state index contributed by atoms with van der Waals surface area (Å²) in [4.78, 5) is 10.8. The molecule has 0 aliphatic carbocycles. The molecule has 76 valence electrons. The summed E-state index contributed by atoms with van der Waals surface area (Å²) in [7, 11) is 0. The van der Waals surface area contributed by atoms with Crippen LogP contribution in [0, 0.1) is 0 Å². The molecular formula is C9H12N2O3. The lowest BCUT2D eigenvalue weighted by Crippen LogP contribution is -2.21. The highest BCUT2D eigenvalue weighted by Crippen LogP contribution is 2.18. The van der Waals surface area contributed by atoms with Crippen LogP contribution in [-0.4, -0.2) is 22.3 Å². The van der Waals surface area contributed by atoms with Gasteiger partial charge in [-0.1, -0.05) is 6.07 Å². The monoisotopic (exact) mass is 196 g/mol. The Labute approximate surface area is 81.0 Å². The minimum Gasteiger partial charge on any atom is -0.507 e. The molecule has 1 amide bonds. The SMILES string of the molecule is NC(=O)c1cc(CC(N)O)ccc1O. The molecule has 0 heterocycles. The summed E-state index contributed by atoms with van der Waals surface area (Å²) < 4.78 is 0. The third-order valence-corrected chi connectivity index (χ3v) is 1.77. The van der Waals surface area contributed by atoms with Gasteiger partial charge in [0.25, 0.3) is 5.91 Å². The van der Waals surface area contributed by atoms with Crippen molar-refractivity contribution in [2.75, 3.05) is 0 Å². The molecule has 5 nitrogen and oxygen atoms in total. The molecule has 0 fully saturated rings. The maximum Gasteiger partial charge on any atom is 0.252 e. The zero-order valence-electron chi connectivity index (χ0n) is 7.47. The predicted molar refractivity (Wildman–Crippen MR) is 50.5 cm³/mol. The number of rotatable bonds is 3. The van der Waals surface area contributed by atoms with E-state index >= 15 is 0 Å². The average Bonchev–Trinajstić information content (AvgIpc) is 2.07. The van der Waals surface area contributed by atoms with Crippen LogP contribution in [-0.2, 0) is 6.42 Å². The molecule has 14 heavy (non-hydrogen) atoms. The lowest BCUT2D eigenvalue weighted by molar-refractivity contribution is 0.0997. The first-order chi connectivity index (χ1) is 6.50. The maximum atomic E-state index is 10.8. The summed E-state index contributed by atoms with van der Waals surface area (Å²) in [5.74, 6) is -0.886. The van der Waals surface area contributed by atoms with Crippen molar-refractivity contribution in [1.82, 2.24) is 0 Å². The normalized spacial score (nSPS) is 12.4. The van der Waals surface area contributed by atoms with E-state index in [0.717, 1.165) is 0 Å². The molecule has 6 N–H and O–H groups in total. The predicted octanol–water partition coefficient (Wildman–Crippen LogP) is -0.689.